The molecule has 2 N–H and O–H groups in total. The number of benzene rings is 2. The zero-order chi connectivity index (χ0) is 14.4. The second kappa shape index (κ2) is 7.07. The Hall–Kier alpha value is -1.85. The third-order valence-corrected chi connectivity index (χ3v) is 3.21. The highest BCUT2D eigenvalue weighted by Crippen LogP contribution is 2.26. The fourth-order valence-corrected chi connectivity index (χ4v) is 2.16. The Bertz CT molecular complexity index is 587. The normalized spacial score (nSPS) is 10.1. The molecule has 0 aliphatic rings. The minimum atomic E-state index is -0.227. The molecule has 0 saturated carbocycles. The van der Waals surface area contributed by atoms with Crippen LogP contribution in [0.3, 0.4) is 0 Å². The van der Waals surface area contributed by atoms with E-state index in [1.54, 1.807) is 18.2 Å². The molecule has 20 heavy (non-hydrogen) atoms. The van der Waals surface area contributed by atoms with Gasteiger partial charge in [-0.25, -0.2) is 0 Å². The zero-order valence-corrected chi connectivity index (χ0v) is 12.3. The number of carbonyl (C=O) groups is 1. The quantitative estimate of drug-likeness (QED) is 0.883. The summed E-state index contributed by atoms with van der Waals surface area (Å²) in [6.45, 7) is -0.112. The van der Waals surface area contributed by atoms with Gasteiger partial charge in [-0.1, -0.05) is 24.3 Å². The predicted octanol–water partition coefficient (Wildman–Crippen LogP) is 2.96. The van der Waals surface area contributed by atoms with Crippen LogP contribution in [0.1, 0.15) is 5.56 Å². The number of amides is 1. The lowest BCUT2D eigenvalue weighted by Crippen LogP contribution is -2.20. The summed E-state index contributed by atoms with van der Waals surface area (Å²) in [5.41, 5.74) is 1.51. The number of halogens is 1. The number of hydrogen-bond acceptors (Lipinski definition) is 3. The number of anilines is 1. The van der Waals surface area contributed by atoms with Gasteiger partial charge < -0.3 is 15.2 Å². The highest BCUT2D eigenvalue weighted by Gasteiger charge is 2.06. The molecule has 4 nitrogen and oxygen atoms in total. The molecule has 0 saturated heterocycles. The molecule has 5 heteroatoms. The van der Waals surface area contributed by atoms with Crippen LogP contribution in [-0.2, 0) is 11.4 Å². The maximum absolute atomic E-state index is 11.7. The van der Waals surface area contributed by atoms with E-state index in [-0.39, 0.29) is 19.1 Å². The highest BCUT2D eigenvalue weighted by molar-refractivity contribution is 9.10. The van der Waals surface area contributed by atoms with E-state index in [0.29, 0.717) is 10.2 Å². The molecule has 0 fully saturated rings. The summed E-state index contributed by atoms with van der Waals surface area (Å²) in [6.07, 6.45) is 0. The van der Waals surface area contributed by atoms with Crippen LogP contribution in [0.5, 0.6) is 5.75 Å². The van der Waals surface area contributed by atoms with Crippen LogP contribution in [0.25, 0.3) is 0 Å². The van der Waals surface area contributed by atoms with Crippen molar-refractivity contribution in [3.8, 4) is 5.75 Å². The summed E-state index contributed by atoms with van der Waals surface area (Å²) < 4.78 is 6.13. The second-order valence-corrected chi connectivity index (χ2v) is 4.98. The van der Waals surface area contributed by atoms with Gasteiger partial charge in [-0.3, -0.25) is 4.79 Å². The molecular weight excluding hydrogens is 322 g/mol. The van der Waals surface area contributed by atoms with Gasteiger partial charge in [0.1, 0.15) is 5.75 Å². The van der Waals surface area contributed by atoms with Crippen molar-refractivity contribution in [2.75, 3.05) is 11.9 Å². The summed E-state index contributed by atoms with van der Waals surface area (Å²) in [7, 11) is 0. The van der Waals surface area contributed by atoms with Crippen LogP contribution < -0.4 is 10.1 Å². The Morgan fingerprint density at radius 1 is 1.20 bits per heavy atom. The van der Waals surface area contributed by atoms with Crippen LogP contribution in [0.15, 0.2) is 53.0 Å². The van der Waals surface area contributed by atoms with Gasteiger partial charge in [-0.2, -0.15) is 0 Å². The summed E-state index contributed by atoms with van der Waals surface area (Å²) in [4.78, 5) is 11.7. The van der Waals surface area contributed by atoms with Gasteiger partial charge in [0.25, 0.3) is 5.91 Å². The number of para-hydroxylation sites is 1. The molecule has 0 spiro atoms. The number of nitrogens with one attached hydrogen (secondary N) is 1. The predicted molar refractivity (Wildman–Crippen MR) is 80.6 cm³/mol. The Labute approximate surface area is 125 Å². The minimum absolute atomic E-state index is 0.0344. The fourth-order valence-electron chi connectivity index (χ4n) is 1.62. The molecule has 2 aromatic rings. The summed E-state index contributed by atoms with van der Waals surface area (Å²) in [5.74, 6) is 0.333. The van der Waals surface area contributed by atoms with E-state index in [9.17, 15) is 4.79 Å². The van der Waals surface area contributed by atoms with Gasteiger partial charge in [0, 0.05) is 5.69 Å². The van der Waals surface area contributed by atoms with Crippen molar-refractivity contribution in [1.29, 1.82) is 0 Å². The van der Waals surface area contributed by atoms with Crippen molar-refractivity contribution in [2.45, 2.75) is 6.61 Å². The molecule has 0 bridgehead atoms. The van der Waals surface area contributed by atoms with E-state index < -0.39 is 0 Å². The first-order valence-corrected chi connectivity index (χ1v) is 6.85. The van der Waals surface area contributed by atoms with Crippen LogP contribution in [0.4, 0.5) is 5.69 Å². The smallest absolute Gasteiger partial charge is 0.262 e. The van der Waals surface area contributed by atoms with Gasteiger partial charge in [0.05, 0.1) is 11.1 Å². The van der Waals surface area contributed by atoms with E-state index in [4.69, 9.17) is 9.84 Å². The average molecular weight is 336 g/mol. The molecular formula is C15H14BrNO3. The van der Waals surface area contributed by atoms with Crippen molar-refractivity contribution in [1.82, 2.24) is 0 Å². The second-order valence-electron chi connectivity index (χ2n) is 4.13. The monoisotopic (exact) mass is 335 g/mol. The zero-order valence-electron chi connectivity index (χ0n) is 10.7. The highest BCUT2D eigenvalue weighted by atomic mass is 79.9. The minimum Gasteiger partial charge on any atom is -0.483 e. The molecule has 0 aromatic heterocycles. The third-order valence-electron chi connectivity index (χ3n) is 2.60. The lowest BCUT2D eigenvalue weighted by molar-refractivity contribution is -0.118. The maximum atomic E-state index is 11.7. The van der Waals surface area contributed by atoms with Crippen LogP contribution in [0, 0.1) is 0 Å². The van der Waals surface area contributed by atoms with E-state index in [1.165, 1.54) is 0 Å². The SMILES string of the molecule is O=C(COc1ccc(CO)cc1Br)Nc1ccccc1. The van der Waals surface area contributed by atoms with E-state index in [2.05, 4.69) is 21.2 Å². The molecule has 0 aliphatic carbocycles. The van der Waals surface area contributed by atoms with Crippen molar-refractivity contribution < 1.29 is 14.6 Å². The lowest BCUT2D eigenvalue weighted by Gasteiger charge is -2.09. The molecule has 0 radical (unpaired) electrons. The molecule has 2 rings (SSSR count). The van der Waals surface area contributed by atoms with Crippen molar-refractivity contribution in [3.63, 3.8) is 0 Å². The Morgan fingerprint density at radius 3 is 2.60 bits per heavy atom. The van der Waals surface area contributed by atoms with Crippen molar-refractivity contribution in [2.24, 2.45) is 0 Å². The number of rotatable bonds is 5. The molecule has 104 valence electrons. The summed E-state index contributed by atoms with van der Waals surface area (Å²) in [6, 6.07) is 14.4. The van der Waals surface area contributed by atoms with Crippen molar-refractivity contribution in [3.05, 3.63) is 58.6 Å². The third kappa shape index (κ3) is 4.08. The standard InChI is InChI=1S/C15H14BrNO3/c16-13-8-11(9-18)6-7-14(13)20-10-15(19)17-12-4-2-1-3-5-12/h1-8,18H,9-10H2,(H,17,19). The van der Waals surface area contributed by atoms with Crippen LogP contribution in [0.2, 0.25) is 0 Å². The van der Waals surface area contributed by atoms with Crippen LogP contribution in [-0.4, -0.2) is 17.6 Å². The van der Waals surface area contributed by atoms with Gasteiger partial charge >= 0.3 is 0 Å². The van der Waals surface area contributed by atoms with E-state index >= 15 is 0 Å². The average Bonchev–Trinajstić information content (AvgIpc) is 2.47. The van der Waals surface area contributed by atoms with E-state index in [0.717, 1.165) is 11.3 Å². The van der Waals surface area contributed by atoms with Gasteiger partial charge in [-0.05, 0) is 45.8 Å². The Morgan fingerprint density at radius 2 is 1.95 bits per heavy atom. The number of ether oxygens (including phenoxy) is 1. The first-order chi connectivity index (χ1) is 9.69. The van der Waals surface area contributed by atoms with E-state index in [1.807, 2.05) is 30.3 Å². The topological polar surface area (TPSA) is 58.6 Å². The molecule has 1 amide bonds. The molecule has 0 aliphatic heterocycles. The number of carbonyl (C=O) groups excluding carboxylic acids is 1. The molecule has 2 aromatic carbocycles. The summed E-state index contributed by atoms with van der Waals surface area (Å²) >= 11 is 3.34. The molecule has 0 atom stereocenters. The number of aliphatic hydroxyl groups excluding tert-OH is 1. The number of aliphatic hydroxyl groups is 1. The Kier molecular flexibility index (Phi) is 5.15. The first kappa shape index (κ1) is 14.6. The van der Waals surface area contributed by atoms with Crippen LogP contribution >= 0.6 is 15.9 Å². The maximum Gasteiger partial charge on any atom is 0.262 e. The molecule has 0 unspecified atom stereocenters. The molecule has 0 heterocycles. The van der Waals surface area contributed by atoms with Gasteiger partial charge in [0.2, 0.25) is 0 Å². The first-order valence-electron chi connectivity index (χ1n) is 6.06. The van der Waals surface area contributed by atoms with Gasteiger partial charge in [0.15, 0.2) is 6.61 Å². The fraction of sp³-hybridized carbons (Fsp3) is 0.133. The number of hydrogen-bond donors (Lipinski definition) is 2. The Balaban J connectivity index is 1.90. The lowest BCUT2D eigenvalue weighted by atomic mass is 10.2. The largest absolute Gasteiger partial charge is 0.483 e. The van der Waals surface area contributed by atoms with Gasteiger partial charge in [-0.15, -0.1) is 0 Å². The summed E-state index contributed by atoms with van der Waals surface area (Å²) in [5, 5.41) is 11.7. The van der Waals surface area contributed by atoms with Crippen molar-refractivity contribution >= 4 is 27.5 Å².